The van der Waals surface area contributed by atoms with Gasteiger partial charge >= 0.3 is 0 Å². The Morgan fingerprint density at radius 3 is 2.29 bits per heavy atom. The second-order valence-corrected chi connectivity index (χ2v) is 6.14. The number of hydrogen-bond donors (Lipinski definition) is 1. The molecule has 0 heterocycles. The van der Waals surface area contributed by atoms with E-state index in [1.165, 1.54) is 44.9 Å². The van der Waals surface area contributed by atoms with Crippen molar-refractivity contribution in [1.29, 1.82) is 0 Å². The molecule has 2 rings (SSSR count). The Labute approximate surface area is 107 Å². The molecule has 2 heteroatoms. The van der Waals surface area contributed by atoms with Crippen LogP contribution >= 0.6 is 0 Å². The van der Waals surface area contributed by atoms with Crippen LogP contribution in [0.5, 0.6) is 0 Å². The largest absolute Gasteiger partial charge is 0.374 e. The molecule has 2 aliphatic carbocycles. The molecule has 1 unspecified atom stereocenters. The molecule has 2 aliphatic rings. The van der Waals surface area contributed by atoms with E-state index in [9.17, 15) is 0 Å². The summed E-state index contributed by atoms with van der Waals surface area (Å²) in [7, 11) is 2.13. The average Bonchev–Trinajstić information content (AvgIpc) is 2.27. The summed E-state index contributed by atoms with van der Waals surface area (Å²) in [6.45, 7) is 5.39. The van der Waals surface area contributed by atoms with Crippen LogP contribution in [0.15, 0.2) is 0 Å². The standard InChI is InChI=1S/C15H29NO/c1-4-17-15(10-8-12(2)9-11-15)14(16-3)13-6-5-7-13/h12-14,16H,4-11H2,1-3H3. The third-order valence-electron chi connectivity index (χ3n) is 5.05. The summed E-state index contributed by atoms with van der Waals surface area (Å²) in [5.74, 6) is 1.75. The predicted molar refractivity (Wildman–Crippen MR) is 72.2 cm³/mol. The van der Waals surface area contributed by atoms with E-state index < -0.39 is 0 Å². The van der Waals surface area contributed by atoms with Gasteiger partial charge in [0, 0.05) is 12.6 Å². The summed E-state index contributed by atoms with van der Waals surface area (Å²) in [4.78, 5) is 0. The van der Waals surface area contributed by atoms with E-state index in [-0.39, 0.29) is 5.60 Å². The zero-order valence-corrected chi connectivity index (χ0v) is 11.8. The molecule has 100 valence electrons. The molecule has 0 aromatic rings. The van der Waals surface area contributed by atoms with E-state index in [4.69, 9.17) is 4.74 Å². The fourth-order valence-electron chi connectivity index (χ4n) is 3.78. The minimum atomic E-state index is 0.140. The van der Waals surface area contributed by atoms with E-state index in [1.807, 2.05) is 0 Å². The summed E-state index contributed by atoms with van der Waals surface area (Å²) in [5, 5.41) is 3.59. The molecule has 0 aromatic heterocycles. The van der Waals surface area contributed by atoms with Gasteiger partial charge in [-0.25, -0.2) is 0 Å². The molecule has 0 aliphatic heterocycles. The molecule has 2 saturated carbocycles. The molecule has 1 N–H and O–H groups in total. The van der Waals surface area contributed by atoms with Crippen LogP contribution in [-0.2, 0) is 4.74 Å². The predicted octanol–water partition coefficient (Wildman–Crippen LogP) is 3.36. The van der Waals surface area contributed by atoms with Crippen molar-refractivity contribution < 1.29 is 4.74 Å². The van der Waals surface area contributed by atoms with Crippen LogP contribution in [0.2, 0.25) is 0 Å². The number of ether oxygens (including phenoxy) is 1. The smallest absolute Gasteiger partial charge is 0.0837 e. The fourth-order valence-corrected chi connectivity index (χ4v) is 3.78. The first-order chi connectivity index (χ1) is 8.22. The average molecular weight is 239 g/mol. The maximum Gasteiger partial charge on any atom is 0.0837 e. The van der Waals surface area contributed by atoms with Crippen LogP contribution in [-0.4, -0.2) is 25.3 Å². The Kier molecular flexibility index (Phi) is 4.48. The molecule has 2 nitrogen and oxygen atoms in total. The topological polar surface area (TPSA) is 21.3 Å². The Balaban J connectivity index is 2.07. The van der Waals surface area contributed by atoms with Crippen molar-refractivity contribution in [1.82, 2.24) is 5.32 Å². The van der Waals surface area contributed by atoms with Gasteiger partial charge in [-0.05, 0) is 64.3 Å². The molecule has 1 atom stereocenters. The summed E-state index contributed by atoms with van der Waals surface area (Å²) < 4.78 is 6.27. The monoisotopic (exact) mass is 239 g/mol. The Morgan fingerprint density at radius 1 is 1.24 bits per heavy atom. The molecule has 0 aromatic carbocycles. The highest BCUT2D eigenvalue weighted by molar-refractivity contribution is 5.01. The van der Waals surface area contributed by atoms with Crippen LogP contribution in [0.3, 0.4) is 0 Å². The highest BCUT2D eigenvalue weighted by Crippen LogP contribution is 2.43. The first-order valence-corrected chi connectivity index (χ1v) is 7.53. The van der Waals surface area contributed by atoms with E-state index in [0.29, 0.717) is 6.04 Å². The fraction of sp³-hybridized carbons (Fsp3) is 1.00. The van der Waals surface area contributed by atoms with Gasteiger partial charge in [0.2, 0.25) is 0 Å². The molecule has 0 amide bonds. The van der Waals surface area contributed by atoms with Crippen molar-refractivity contribution in [2.24, 2.45) is 11.8 Å². The van der Waals surface area contributed by atoms with Crippen LogP contribution in [0.25, 0.3) is 0 Å². The first kappa shape index (κ1) is 13.4. The molecule has 17 heavy (non-hydrogen) atoms. The lowest BCUT2D eigenvalue weighted by molar-refractivity contribution is -0.114. The summed E-state index contributed by atoms with van der Waals surface area (Å²) in [6.07, 6.45) is 9.40. The number of rotatable bonds is 5. The lowest BCUT2D eigenvalue weighted by Crippen LogP contribution is -2.58. The van der Waals surface area contributed by atoms with Crippen molar-refractivity contribution in [2.45, 2.75) is 70.4 Å². The summed E-state index contributed by atoms with van der Waals surface area (Å²) in [6, 6.07) is 0.587. The van der Waals surface area contributed by atoms with Gasteiger partial charge in [0.25, 0.3) is 0 Å². The van der Waals surface area contributed by atoms with Crippen molar-refractivity contribution >= 4 is 0 Å². The van der Waals surface area contributed by atoms with Crippen LogP contribution < -0.4 is 5.32 Å². The maximum absolute atomic E-state index is 6.27. The van der Waals surface area contributed by atoms with E-state index in [2.05, 4.69) is 26.2 Å². The van der Waals surface area contributed by atoms with Crippen molar-refractivity contribution in [3.8, 4) is 0 Å². The molecular formula is C15H29NO. The lowest BCUT2D eigenvalue weighted by atomic mass is 9.67. The van der Waals surface area contributed by atoms with Crippen molar-refractivity contribution in [3.05, 3.63) is 0 Å². The summed E-state index contributed by atoms with van der Waals surface area (Å²) in [5.41, 5.74) is 0.140. The van der Waals surface area contributed by atoms with Crippen LogP contribution in [0.4, 0.5) is 0 Å². The minimum Gasteiger partial charge on any atom is -0.374 e. The molecule has 0 bridgehead atoms. The zero-order chi connectivity index (χ0) is 12.3. The van der Waals surface area contributed by atoms with E-state index in [0.717, 1.165) is 18.4 Å². The number of nitrogens with one attached hydrogen (secondary N) is 1. The normalized spacial score (nSPS) is 36.5. The molecule has 0 radical (unpaired) electrons. The van der Waals surface area contributed by atoms with E-state index >= 15 is 0 Å². The van der Waals surface area contributed by atoms with Gasteiger partial charge in [0.15, 0.2) is 0 Å². The number of likely N-dealkylation sites (N-methyl/N-ethyl adjacent to an activating group) is 1. The van der Waals surface area contributed by atoms with E-state index in [1.54, 1.807) is 0 Å². The quantitative estimate of drug-likeness (QED) is 0.794. The molecule has 0 saturated heterocycles. The Hall–Kier alpha value is -0.0800. The van der Waals surface area contributed by atoms with Gasteiger partial charge in [-0.3, -0.25) is 0 Å². The Morgan fingerprint density at radius 2 is 1.88 bits per heavy atom. The third-order valence-corrected chi connectivity index (χ3v) is 5.05. The van der Waals surface area contributed by atoms with Crippen molar-refractivity contribution in [3.63, 3.8) is 0 Å². The van der Waals surface area contributed by atoms with Gasteiger partial charge in [-0.1, -0.05) is 13.3 Å². The Bertz CT molecular complexity index is 229. The SMILES string of the molecule is CCOC1(C(NC)C2CCC2)CCC(C)CC1. The first-order valence-electron chi connectivity index (χ1n) is 7.53. The number of hydrogen-bond acceptors (Lipinski definition) is 2. The van der Waals surface area contributed by atoms with Gasteiger partial charge in [-0.2, -0.15) is 0 Å². The van der Waals surface area contributed by atoms with Gasteiger partial charge in [0.1, 0.15) is 0 Å². The van der Waals surface area contributed by atoms with Crippen molar-refractivity contribution in [2.75, 3.05) is 13.7 Å². The van der Waals surface area contributed by atoms with Crippen LogP contribution in [0.1, 0.15) is 58.8 Å². The zero-order valence-electron chi connectivity index (χ0n) is 11.8. The van der Waals surface area contributed by atoms with Gasteiger partial charge < -0.3 is 10.1 Å². The lowest BCUT2D eigenvalue weighted by Gasteiger charge is -2.49. The second kappa shape index (κ2) is 5.71. The van der Waals surface area contributed by atoms with Crippen LogP contribution in [0, 0.1) is 11.8 Å². The maximum atomic E-state index is 6.27. The minimum absolute atomic E-state index is 0.140. The van der Waals surface area contributed by atoms with Gasteiger partial charge in [0.05, 0.1) is 5.60 Å². The molecular weight excluding hydrogens is 210 g/mol. The molecule has 0 spiro atoms. The molecule has 2 fully saturated rings. The third kappa shape index (κ3) is 2.68. The second-order valence-electron chi connectivity index (χ2n) is 6.14. The van der Waals surface area contributed by atoms with Gasteiger partial charge in [-0.15, -0.1) is 0 Å². The highest BCUT2D eigenvalue weighted by Gasteiger charge is 2.45. The highest BCUT2D eigenvalue weighted by atomic mass is 16.5. The summed E-state index contributed by atoms with van der Waals surface area (Å²) >= 11 is 0.